The summed E-state index contributed by atoms with van der Waals surface area (Å²) in [4.78, 5) is 12.0. The SMILES string of the molecule is N#C/C(=C/NCCc1ccc(O)cc1)C(=O)NCc1ccccc1Cl. The Labute approximate surface area is 151 Å². The molecule has 1 amide bonds. The smallest absolute Gasteiger partial charge is 0.263 e. The molecule has 128 valence electrons. The Morgan fingerprint density at radius 2 is 1.92 bits per heavy atom. The highest BCUT2D eigenvalue weighted by Gasteiger charge is 2.09. The number of carbonyl (C=O) groups excluding carboxylic acids is 1. The van der Waals surface area contributed by atoms with Crippen LogP contribution in [0.4, 0.5) is 0 Å². The molecule has 0 aliphatic carbocycles. The number of rotatable bonds is 7. The van der Waals surface area contributed by atoms with Crippen molar-refractivity contribution in [1.82, 2.24) is 10.6 Å². The van der Waals surface area contributed by atoms with Crippen LogP contribution in [0.15, 0.2) is 60.3 Å². The summed E-state index contributed by atoms with van der Waals surface area (Å²) in [6, 6.07) is 16.0. The summed E-state index contributed by atoms with van der Waals surface area (Å²) >= 11 is 6.03. The number of nitrogens with one attached hydrogen (secondary N) is 2. The molecule has 2 aromatic carbocycles. The van der Waals surface area contributed by atoms with Gasteiger partial charge in [0.15, 0.2) is 0 Å². The van der Waals surface area contributed by atoms with Crippen LogP contribution in [0.2, 0.25) is 5.02 Å². The van der Waals surface area contributed by atoms with E-state index >= 15 is 0 Å². The van der Waals surface area contributed by atoms with E-state index in [9.17, 15) is 9.90 Å². The molecule has 5 nitrogen and oxygen atoms in total. The van der Waals surface area contributed by atoms with Crippen molar-refractivity contribution in [2.45, 2.75) is 13.0 Å². The topological polar surface area (TPSA) is 85.2 Å². The number of benzene rings is 2. The van der Waals surface area contributed by atoms with E-state index in [1.165, 1.54) is 6.20 Å². The van der Waals surface area contributed by atoms with Gasteiger partial charge in [-0.15, -0.1) is 0 Å². The highest BCUT2D eigenvalue weighted by atomic mass is 35.5. The van der Waals surface area contributed by atoms with Gasteiger partial charge in [0.25, 0.3) is 5.91 Å². The standard InChI is InChI=1S/C19H18ClN3O2/c20-18-4-2-1-3-15(18)13-23-19(25)16(11-21)12-22-10-9-14-5-7-17(24)8-6-14/h1-8,12,22,24H,9-10,13H2,(H,23,25)/b16-12-. The van der Waals surface area contributed by atoms with Crippen LogP contribution in [0.1, 0.15) is 11.1 Å². The second-order valence-corrected chi connectivity index (χ2v) is 5.72. The third-order valence-corrected chi connectivity index (χ3v) is 3.87. The summed E-state index contributed by atoms with van der Waals surface area (Å²) in [6.07, 6.45) is 2.11. The maximum absolute atomic E-state index is 12.0. The zero-order valence-electron chi connectivity index (χ0n) is 13.5. The number of hydrogen-bond donors (Lipinski definition) is 3. The third kappa shape index (κ3) is 5.87. The minimum absolute atomic E-state index is 0.00207. The van der Waals surface area contributed by atoms with Crippen molar-refractivity contribution in [3.8, 4) is 11.8 Å². The van der Waals surface area contributed by atoms with Crippen molar-refractivity contribution in [2.24, 2.45) is 0 Å². The summed E-state index contributed by atoms with van der Waals surface area (Å²) in [7, 11) is 0. The van der Waals surface area contributed by atoms with Crippen LogP contribution in [-0.4, -0.2) is 17.6 Å². The Morgan fingerprint density at radius 1 is 1.20 bits per heavy atom. The third-order valence-electron chi connectivity index (χ3n) is 3.50. The lowest BCUT2D eigenvalue weighted by atomic mass is 10.1. The van der Waals surface area contributed by atoms with E-state index in [0.29, 0.717) is 18.0 Å². The summed E-state index contributed by atoms with van der Waals surface area (Å²) < 4.78 is 0. The molecule has 6 heteroatoms. The molecule has 0 aliphatic heterocycles. The zero-order valence-corrected chi connectivity index (χ0v) is 14.3. The van der Waals surface area contributed by atoms with Gasteiger partial charge in [0, 0.05) is 24.3 Å². The number of phenolic OH excluding ortho intramolecular Hbond substituents is 1. The van der Waals surface area contributed by atoms with Crippen molar-refractivity contribution in [2.75, 3.05) is 6.54 Å². The molecule has 0 atom stereocenters. The van der Waals surface area contributed by atoms with Crippen LogP contribution < -0.4 is 10.6 Å². The quantitative estimate of drug-likeness (QED) is 0.405. The van der Waals surface area contributed by atoms with Gasteiger partial charge in [0.1, 0.15) is 17.4 Å². The maximum atomic E-state index is 12.0. The van der Waals surface area contributed by atoms with Crippen LogP contribution in [0.3, 0.4) is 0 Å². The average Bonchev–Trinajstić information content (AvgIpc) is 2.62. The largest absolute Gasteiger partial charge is 0.508 e. The second kappa shape index (κ2) is 9.36. The normalized spacial score (nSPS) is 10.8. The van der Waals surface area contributed by atoms with Crippen molar-refractivity contribution in [3.63, 3.8) is 0 Å². The summed E-state index contributed by atoms with van der Waals surface area (Å²) in [5.74, 6) is -0.238. The molecule has 0 radical (unpaired) electrons. The summed E-state index contributed by atoms with van der Waals surface area (Å²) in [6.45, 7) is 0.818. The fourth-order valence-electron chi connectivity index (χ4n) is 2.11. The van der Waals surface area contributed by atoms with Gasteiger partial charge in [-0.2, -0.15) is 5.26 Å². The van der Waals surface area contributed by atoms with E-state index in [0.717, 1.165) is 11.1 Å². The van der Waals surface area contributed by atoms with Crippen LogP contribution in [0.5, 0.6) is 5.75 Å². The van der Waals surface area contributed by atoms with Crippen LogP contribution in [0, 0.1) is 11.3 Å². The predicted octanol–water partition coefficient (Wildman–Crippen LogP) is 2.90. The van der Waals surface area contributed by atoms with Crippen molar-refractivity contribution in [1.29, 1.82) is 5.26 Å². The van der Waals surface area contributed by atoms with Crippen LogP contribution >= 0.6 is 11.6 Å². The Bertz CT molecular complexity index is 795. The minimum atomic E-state index is -0.459. The van der Waals surface area contributed by atoms with Gasteiger partial charge in [-0.1, -0.05) is 41.9 Å². The van der Waals surface area contributed by atoms with Gasteiger partial charge in [0.05, 0.1) is 0 Å². The monoisotopic (exact) mass is 355 g/mol. The molecule has 2 aromatic rings. The Kier molecular flexibility index (Phi) is 6.87. The van der Waals surface area contributed by atoms with Gasteiger partial charge in [-0.3, -0.25) is 4.79 Å². The fraction of sp³-hybridized carbons (Fsp3) is 0.158. The summed E-state index contributed by atoms with van der Waals surface area (Å²) in [5, 5.41) is 24.5. The number of amides is 1. The molecule has 25 heavy (non-hydrogen) atoms. The molecule has 0 aliphatic rings. The molecular formula is C19H18ClN3O2. The van der Waals surface area contributed by atoms with Gasteiger partial charge in [-0.25, -0.2) is 0 Å². The first-order valence-corrected chi connectivity index (χ1v) is 8.11. The number of hydrogen-bond acceptors (Lipinski definition) is 4. The first-order valence-electron chi connectivity index (χ1n) is 7.73. The highest BCUT2D eigenvalue weighted by Crippen LogP contribution is 2.14. The van der Waals surface area contributed by atoms with E-state index in [1.54, 1.807) is 18.2 Å². The minimum Gasteiger partial charge on any atom is -0.508 e. The fourth-order valence-corrected chi connectivity index (χ4v) is 2.32. The van der Waals surface area contributed by atoms with Gasteiger partial charge in [-0.05, 0) is 35.7 Å². The first kappa shape index (κ1) is 18.4. The lowest BCUT2D eigenvalue weighted by Crippen LogP contribution is -2.25. The molecule has 0 fully saturated rings. The van der Waals surface area contributed by atoms with E-state index < -0.39 is 5.91 Å². The number of nitrogens with zero attached hydrogens (tertiary/aromatic N) is 1. The molecule has 0 bridgehead atoms. The van der Waals surface area contributed by atoms with E-state index in [1.807, 2.05) is 36.4 Å². The summed E-state index contributed by atoms with van der Waals surface area (Å²) in [5.41, 5.74) is 1.83. The van der Waals surface area contributed by atoms with Gasteiger partial charge >= 0.3 is 0 Å². The molecular weight excluding hydrogens is 338 g/mol. The Balaban J connectivity index is 1.82. The molecule has 0 unspecified atom stereocenters. The predicted molar refractivity (Wildman–Crippen MR) is 96.8 cm³/mol. The van der Waals surface area contributed by atoms with Crippen molar-refractivity contribution < 1.29 is 9.90 Å². The van der Waals surface area contributed by atoms with Crippen LogP contribution in [-0.2, 0) is 17.8 Å². The average molecular weight is 356 g/mol. The van der Waals surface area contributed by atoms with E-state index in [4.69, 9.17) is 16.9 Å². The van der Waals surface area contributed by atoms with Gasteiger partial charge in [0.2, 0.25) is 0 Å². The Hall–Kier alpha value is -2.97. The Morgan fingerprint density at radius 3 is 2.60 bits per heavy atom. The first-order chi connectivity index (χ1) is 12.1. The van der Waals surface area contributed by atoms with E-state index in [-0.39, 0.29) is 17.9 Å². The number of halogens is 1. The number of nitriles is 1. The maximum Gasteiger partial charge on any atom is 0.263 e. The number of phenols is 1. The lowest BCUT2D eigenvalue weighted by molar-refractivity contribution is -0.117. The number of aromatic hydroxyl groups is 1. The molecule has 0 aromatic heterocycles. The molecule has 2 rings (SSSR count). The number of carbonyl (C=O) groups is 1. The molecule has 0 heterocycles. The second-order valence-electron chi connectivity index (χ2n) is 5.31. The lowest BCUT2D eigenvalue weighted by Gasteiger charge is -2.07. The zero-order chi connectivity index (χ0) is 18.1. The van der Waals surface area contributed by atoms with Crippen molar-refractivity contribution >= 4 is 17.5 Å². The van der Waals surface area contributed by atoms with Gasteiger partial charge < -0.3 is 15.7 Å². The van der Waals surface area contributed by atoms with E-state index in [2.05, 4.69) is 10.6 Å². The van der Waals surface area contributed by atoms with Crippen LogP contribution in [0.25, 0.3) is 0 Å². The molecule has 0 spiro atoms. The molecule has 0 saturated carbocycles. The molecule has 0 saturated heterocycles. The molecule has 3 N–H and O–H groups in total. The highest BCUT2D eigenvalue weighted by molar-refractivity contribution is 6.31. The van der Waals surface area contributed by atoms with Crippen molar-refractivity contribution in [3.05, 3.63) is 76.5 Å².